The first-order valence-corrected chi connectivity index (χ1v) is 6.63. The SMILES string of the molecule is N#Cc1cccc(-c2cc(F)cc(Oc3cccnc3)c2)c1. The molecule has 0 aliphatic carbocycles. The molecule has 3 nitrogen and oxygen atoms in total. The molecule has 0 N–H and O–H groups in total. The number of nitriles is 1. The molecule has 0 atom stereocenters. The van der Waals surface area contributed by atoms with Gasteiger partial charge in [0.15, 0.2) is 0 Å². The Morgan fingerprint density at radius 1 is 0.955 bits per heavy atom. The van der Waals surface area contributed by atoms with E-state index < -0.39 is 5.82 Å². The van der Waals surface area contributed by atoms with Crippen molar-refractivity contribution in [2.24, 2.45) is 0 Å². The van der Waals surface area contributed by atoms with Crippen LogP contribution in [0.5, 0.6) is 11.5 Å². The number of nitrogens with zero attached hydrogens (tertiary/aromatic N) is 2. The lowest BCUT2D eigenvalue weighted by molar-refractivity contribution is 0.475. The minimum atomic E-state index is -0.404. The lowest BCUT2D eigenvalue weighted by atomic mass is 10.0. The van der Waals surface area contributed by atoms with Crippen molar-refractivity contribution in [1.29, 1.82) is 5.26 Å². The van der Waals surface area contributed by atoms with E-state index in [1.165, 1.54) is 12.1 Å². The molecule has 0 saturated heterocycles. The fraction of sp³-hybridized carbons (Fsp3) is 0. The zero-order chi connectivity index (χ0) is 15.4. The van der Waals surface area contributed by atoms with Crippen LogP contribution in [0.2, 0.25) is 0 Å². The zero-order valence-corrected chi connectivity index (χ0v) is 11.5. The van der Waals surface area contributed by atoms with Crippen molar-refractivity contribution < 1.29 is 9.13 Å². The molecule has 2 aromatic carbocycles. The van der Waals surface area contributed by atoms with E-state index in [-0.39, 0.29) is 0 Å². The molecule has 3 aromatic rings. The molecule has 0 unspecified atom stereocenters. The number of ether oxygens (including phenoxy) is 1. The van der Waals surface area contributed by atoms with Gasteiger partial charge in [0.25, 0.3) is 0 Å². The van der Waals surface area contributed by atoms with Crippen LogP contribution in [0.4, 0.5) is 4.39 Å². The number of halogens is 1. The summed E-state index contributed by atoms with van der Waals surface area (Å²) in [5.41, 5.74) is 1.93. The Morgan fingerprint density at radius 2 is 1.86 bits per heavy atom. The van der Waals surface area contributed by atoms with Gasteiger partial charge in [-0.15, -0.1) is 0 Å². The van der Waals surface area contributed by atoms with Gasteiger partial charge in [-0.3, -0.25) is 4.98 Å². The molecule has 0 saturated carbocycles. The van der Waals surface area contributed by atoms with Crippen LogP contribution in [0.25, 0.3) is 11.1 Å². The Labute approximate surface area is 127 Å². The third-order valence-electron chi connectivity index (χ3n) is 3.07. The summed E-state index contributed by atoms with van der Waals surface area (Å²) in [7, 11) is 0. The lowest BCUT2D eigenvalue weighted by Crippen LogP contribution is -1.88. The molecule has 1 heterocycles. The van der Waals surface area contributed by atoms with E-state index in [0.29, 0.717) is 22.6 Å². The summed E-state index contributed by atoms with van der Waals surface area (Å²) in [5, 5.41) is 8.96. The summed E-state index contributed by atoms with van der Waals surface area (Å²) in [6.45, 7) is 0. The molecular formula is C18H11FN2O. The van der Waals surface area contributed by atoms with Crippen molar-refractivity contribution in [2.45, 2.75) is 0 Å². The quantitative estimate of drug-likeness (QED) is 0.710. The molecular weight excluding hydrogens is 279 g/mol. The van der Waals surface area contributed by atoms with Gasteiger partial charge in [0.05, 0.1) is 17.8 Å². The van der Waals surface area contributed by atoms with Crippen LogP contribution >= 0.6 is 0 Å². The highest BCUT2D eigenvalue weighted by atomic mass is 19.1. The maximum Gasteiger partial charge on any atom is 0.145 e. The van der Waals surface area contributed by atoms with Gasteiger partial charge in [-0.1, -0.05) is 12.1 Å². The third-order valence-corrected chi connectivity index (χ3v) is 3.07. The molecule has 0 aliphatic heterocycles. The van der Waals surface area contributed by atoms with E-state index in [1.54, 1.807) is 48.8 Å². The molecule has 0 spiro atoms. The lowest BCUT2D eigenvalue weighted by Gasteiger charge is -2.08. The monoisotopic (exact) mass is 290 g/mol. The van der Waals surface area contributed by atoms with Gasteiger partial charge in [0.2, 0.25) is 0 Å². The molecule has 0 radical (unpaired) electrons. The van der Waals surface area contributed by atoms with E-state index in [9.17, 15) is 4.39 Å². The van der Waals surface area contributed by atoms with Crippen LogP contribution in [0.3, 0.4) is 0 Å². The van der Waals surface area contributed by atoms with Crippen molar-refractivity contribution in [3.63, 3.8) is 0 Å². The predicted molar refractivity (Wildman–Crippen MR) is 80.9 cm³/mol. The number of benzene rings is 2. The molecule has 0 fully saturated rings. The highest BCUT2D eigenvalue weighted by Gasteiger charge is 2.06. The van der Waals surface area contributed by atoms with E-state index in [2.05, 4.69) is 11.1 Å². The van der Waals surface area contributed by atoms with Gasteiger partial charge < -0.3 is 4.74 Å². The molecule has 3 rings (SSSR count). The fourth-order valence-electron chi connectivity index (χ4n) is 2.10. The largest absolute Gasteiger partial charge is 0.456 e. The van der Waals surface area contributed by atoms with Crippen molar-refractivity contribution in [1.82, 2.24) is 4.98 Å². The van der Waals surface area contributed by atoms with E-state index >= 15 is 0 Å². The summed E-state index contributed by atoms with van der Waals surface area (Å²) in [4.78, 5) is 3.95. The second-order valence-electron chi connectivity index (χ2n) is 4.66. The van der Waals surface area contributed by atoms with Gasteiger partial charge in [0, 0.05) is 12.3 Å². The number of aromatic nitrogens is 1. The minimum absolute atomic E-state index is 0.380. The van der Waals surface area contributed by atoms with E-state index in [1.807, 2.05) is 6.07 Å². The fourth-order valence-corrected chi connectivity index (χ4v) is 2.10. The molecule has 1 aromatic heterocycles. The second-order valence-corrected chi connectivity index (χ2v) is 4.66. The first kappa shape index (κ1) is 13.8. The van der Waals surface area contributed by atoms with E-state index in [0.717, 1.165) is 5.56 Å². The van der Waals surface area contributed by atoms with Crippen LogP contribution in [-0.4, -0.2) is 4.98 Å². The summed E-state index contributed by atoms with van der Waals surface area (Å²) < 4.78 is 19.4. The van der Waals surface area contributed by atoms with E-state index in [4.69, 9.17) is 10.00 Å². The average Bonchev–Trinajstić information content (AvgIpc) is 2.55. The Hall–Kier alpha value is -3.19. The zero-order valence-electron chi connectivity index (χ0n) is 11.5. The Bertz CT molecular complexity index is 841. The maximum atomic E-state index is 13.8. The van der Waals surface area contributed by atoms with Crippen LogP contribution in [0, 0.1) is 17.1 Å². The van der Waals surface area contributed by atoms with Crippen molar-refractivity contribution >= 4 is 0 Å². The highest BCUT2D eigenvalue weighted by molar-refractivity contribution is 5.67. The van der Waals surface area contributed by atoms with Crippen LogP contribution in [0.1, 0.15) is 5.56 Å². The molecule has 0 bridgehead atoms. The Morgan fingerprint density at radius 3 is 2.64 bits per heavy atom. The summed E-state index contributed by atoms with van der Waals surface area (Å²) in [6.07, 6.45) is 3.19. The van der Waals surface area contributed by atoms with Gasteiger partial charge in [-0.05, 0) is 47.5 Å². The molecule has 106 valence electrons. The third kappa shape index (κ3) is 3.10. The highest BCUT2D eigenvalue weighted by Crippen LogP contribution is 2.28. The number of pyridine rings is 1. The average molecular weight is 290 g/mol. The standard InChI is InChI=1S/C18H11FN2O/c19-16-8-15(14-4-1-3-13(7-14)11-20)9-18(10-16)22-17-5-2-6-21-12-17/h1-10,12H. The maximum absolute atomic E-state index is 13.8. The Kier molecular flexibility index (Phi) is 3.80. The smallest absolute Gasteiger partial charge is 0.145 e. The molecule has 0 amide bonds. The van der Waals surface area contributed by atoms with Gasteiger partial charge in [-0.2, -0.15) is 5.26 Å². The van der Waals surface area contributed by atoms with Crippen molar-refractivity contribution in [3.05, 3.63) is 78.4 Å². The number of hydrogen-bond acceptors (Lipinski definition) is 3. The first-order chi connectivity index (χ1) is 10.7. The van der Waals surface area contributed by atoms with Crippen LogP contribution in [-0.2, 0) is 0 Å². The molecule has 4 heteroatoms. The van der Waals surface area contributed by atoms with Gasteiger partial charge in [0.1, 0.15) is 17.3 Å². The van der Waals surface area contributed by atoms with Crippen LogP contribution in [0.15, 0.2) is 67.0 Å². The number of hydrogen-bond donors (Lipinski definition) is 0. The summed E-state index contributed by atoms with van der Waals surface area (Å²) in [6, 6.07) is 17.0. The van der Waals surface area contributed by atoms with Crippen molar-refractivity contribution in [2.75, 3.05) is 0 Å². The van der Waals surface area contributed by atoms with Crippen molar-refractivity contribution in [3.8, 4) is 28.7 Å². The topological polar surface area (TPSA) is 45.9 Å². The first-order valence-electron chi connectivity index (χ1n) is 6.63. The molecule has 0 aliphatic rings. The number of rotatable bonds is 3. The second kappa shape index (κ2) is 6.06. The minimum Gasteiger partial charge on any atom is -0.456 e. The van der Waals surface area contributed by atoms with Gasteiger partial charge >= 0.3 is 0 Å². The summed E-state index contributed by atoms with van der Waals surface area (Å²) >= 11 is 0. The normalized spacial score (nSPS) is 10.0. The van der Waals surface area contributed by atoms with Crippen LogP contribution < -0.4 is 4.74 Å². The van der Waals surface area contributed by atoms with Gasteiger partial charge in [-0.25, -0.2) is 4.39 Å². The summed E-state index contributed by atoms with van der Waals surface area (Å²) in [5.74, 6) is 0.508. The Balaban J connectivity index is 1.98. The molecule has 22 heavy (non-hydrogen) atoms. The predicted octanol–water partition coefficient (Wildman–Crippen LogP) is 4.55.